The Kier molecular flexibility index (Phi) is 8.52. The van der Waals surface area contributed by atoms with Crippen molar-refractivity contribution in [3.05, 3.63) is 65.6 Å². The molecule has 9 nitrogen and oxygen atoms in total. The van der Waals surface area contributed by atoms with Crippen molar-refractivity contribution in [2.75, 3.05) is 19.4 Å². The Morgan fingerprint density at radius 2 is 1.63 bits per heavy atom. The van der Waals surface area contributed by atoms with Gasteiger partial charge >= 0.3 is 18.3 Å². The van der Waals surface area contributed by atoms with Crippen molar-refractivity contribution in [3.8, 4) is 5.69 Å². The zero-order valence-electron chi connectivity index (χ0n) is 18.1. The molecule has 0 bridgehead atoms. The molecule has 2 heterocycles. The number of nitrogens with zero attached hydrogens (tertiary/aromatic N) is 5. The predicted molar refractivity (Wildman–Crippen MR) is 110 cm³/mol. The normalized spacial score (nSPS) is 11.6. The van der Waals surface area contributed by atoms with E-state index in [9.17, 15) is 31.1 Å². The number of rotatable bonds is 5. The van der Waals surface area contributed by atoms with Crippen LogP contribution >= 0.6 is 0 Å². The first-order valence-corrected chi connectivity index (χ1v) is 9.49. The van der Waals surface area contributed by atoms with Crippen molar-refractivity contribution in [1.82, 2.24) is 24.9 Å². The van der Waals surface area contributed by atoms with Crippen molar-refractivity contribution in [1.29, 1.82) is 0 Å². The number of carboxylic acids is 1. The largest absolute Gasteiger partial charge is 0.490 e. The molecule has 1 amide bonds. The Morgan fingerprint density at radius 1 is 1.03 bits per heavy atom. The Hall–Kier alpha value is -4.01. The number of nitrogens with one attached hydrogen (secondary N) is 1. The number of benzene rings is 1. The van der Waals surface area contributed by atoms with Crippen LogP contribution in [-0.2, 0) is 17.5 Å². The molecule has 0 aliphatic heterocycles. The zero-order valence-corrected chi connectivity index (χ0v) is 18.1. The van der Waals surface area contributed by atoms with Crippen LogP contribution in [0.15, 0.2) is 48.7 Å². The van der Waals surface area contributed by atoms with Crippen molar-refractivity contribution in [3.63, 3.8) is 0 Å². The number of anilines is 1. The van der Waals surface area contributed by atoms with Crippen LogP contribution in [0.1, 0.15) is 21.7 Å². The smallest absolute Gasteiger partial charge is 0.475 e. The monoisotopic (exact) mass is 504 g/mol. The molecule has 0 atom stereocenters. The number of aliphatic carboxylic acids is 1. The lowest BCUT2D eigenvalue weighted by molar-refractivity contribution is -0.192. The number of halogens is 6. The minimum absolute atomic E-state index is 0.120. The van der Waals surface area contributed by atoms with Gasteiger partial charge in [-0.05, 0) is 37.9 Å². The van der Waals surface area contributed by atoms with Gasteiger partial charge in [-0.25, -0.2) is 14.5 Å². The van der Waals surface area contributed by atoms with Gasteiger partial charge in [-0.1, -0.05) is 29.5 Å². The van der Waals surface area contributed by atoms with Crippen molar-refractivity contribution < 1.29 is 41.0 Å². The lowest BCUT2D eigenvalue weighted by atomic mass is 10.2. The molecule has 0 fully saturated rings. The van der Waals surface area contributed by atoms with Crippen LogP contribution in [0, 0.1) is 0 Å². The lowest BCUT2D eigenvalue weighted by Crippen LogP contribution is -2.21. The van der Waals surface area contributed by atoms with Crippen LogP contribution in [0.5, 0.6) is 0 Å². The second kappa shape index (κ2) is 10.9. The number of carbonyl (C=O) groups is 2. The molecule has 188 valence electrons. The molecule has 15 heteroatoms. The van der Waals surface area contributed by atoms with Gasteiger partial charge in [0, 0.05) is 12.7 Å². The minimum atomic E-state index is -5.08. The highest BCUT2D eigenvalue weighted by molar-refractivity contribution is 6.03. The number of aromatic nitrogens is 4. The third-order valence-electron chi connectivity index (χ3n) is 3.96. The minimum Gasteiger partial charge on any atom is -0.475 e. The van der Waals surface area contributed by atoms with Crippen LogP contribution in [0.2, 0.25) is 0 Å². The lowest BCUT2D eigenvalue weighted by Gasteiger charge is -2.11. The number of amides is 1. The van der Waals surface area contributed by atoms with E-state index in [4.69, 9.17) is 9.90 Å². The quantitative estimate of drug-likeness (QED) is 0.511. The van der Waals surface area contributed by atoms with Crippen LogP contribution < -0.4 is 5.32 Å². The fourth-order valence-electron chi connectivity index (χ4n) is 2.57. The summed E-state index contributed by atoms with van der Waals surface area (Å²) in [5, 5.41) is 16.4. The molecular weight excluding hydrogens is 486 g/mol. The summed E-state index contributed by atoms with van der Waals surface area (Å²) in [6, 6.07) is 10.9. The molecule has 0 radical (unpaired) electrons. The molecular formula is C20H18F6N6O3. The maximum atomic E-state index is 13.6. The van der Waals surface area contributed by atoms with E-state index in [1.165, 1.54) is 18.2 Å². The third-order valence-corrected chi connectivity index (χ3v) is 3.96. The van der Waals surface area contributed by atoms with Gasteiger partial charge < -0.3 is 15.3 Å². The average molecular weight is 504 g/mol. The van der Waals surface area contributed by atoms with Gasteiger partial charge in [-0.15, -0.1) is 5.10 Å². The third kappa shape index (κ3) is 7.77. The highest BCUT2D eigenvalue weighted by Crippen LogP contribution is 2.33. The maximum absolute atomic E-state index is 13.6. The zero-order chi connectivity index (χ0) is 26.4. The number of carbonyl (C=O) groups excluding carboxylic acids is 1. The Labute approximate surface area is 194 Å². The first kappa shape index (κ1) is 27.2. The standard InChI is InChI=1S/C18H17F3N6O.C2HF3O2/c1-26(2)11-12-8-9-14(22-10-12)23-17(28)15-16(18(19,20)21)27(25-24-15)13-6-4-3-5-7-13;3-2(4,5)1(6)7/h3-10H,11H2,1-2H3,(H,22,23,28);(H,6,7). The van der Waals surface area contributed by atoms with E-state index >= 15 is 0 Å². The first-order chi connectivity index (χ1) is 16.2. The van der Waals surface area contributed by atoms with Crippen LogP contribution in [-0.4, -0.2) is 62.1 Å². The summed E-state index contributed by atoms with van der Waals surface area (Å²) < 4.78 is 73.1. The van der Waals surface area contributed by atoms with Gasteiger partial charge in [0.2, 0.25) is 0 Å². The molecule has 3 rings (SSSR count). The second-order valence-corrected chi connectivity index (χ2v) is 7.08. The van der Waals surface area contributed by atoms with E-state index in [-0.39, 0.29) is 11.5 Å². The summed E-state index contributed by atoms with van der Waals surface area (Å²) in [4.78, 5) is 27.3. The summed E-state index contributed by atoms with van der Waals surface area (Å²) in [6.07, 6.45) is -8.36. The summed E-state index contributed by atoms with van der Waals surface area (Å²) in [6.45, 7) is 0.644. The summed E-state index contributed by atoms with van der Waals surface area (Å²) >= 11 is 0. The molecule has 0 aliphatic carbocycles. The number of para-hydroxylation sites is 1. The molecule has 0 saturated heterocycles. The number of carboxylic acid groups (broad SMARTS) is 1. The number of hydrogen-bond donors (Lipinski definition) is 2. The van der Waals surface area contributed by atoms with Crippen molar-refractivity contribution in [2.24, 2.45) is 0 Å². The molecule has 0 spiro atoms. The van der Waals surface area contributed by atoms with E-state index in [2.05, 4.69) is 20.6 Å². The van der Waals surface area contributed by atoms with Gasteiger partial charge in [0.15, 0.2) is 11.4 Å². The maximum Gasteiger partial charge on any atom is 0.490 e. The summed E-state index contributed by atoms with van der Waals surface area (Å²) in [7, 11) is 3.79. The summed E-state index contributed by atoms with van der Waals surface area (Å²) in [5.41, 5.74) is -1.03. The fraction of sp³-hybridized carbons (Fsp3) is 0.250. The molecule has 0 unspecified atom stereocenters. The van der Waals surface area contributed by atoms with Crippen LogP contribution in [0.3, 0.4) is 0 Å². The predicted octanol–water partition coefficient (Wildman–Crippen LogP) is 3.63. The molecule has 3 aromatic rings. The van der Waals surface area contributed by atoms with Gasteiger partial charge in [0.05, 0.1) is 5.69 Å². The highest BCUT2D eigenvalue weighted by Gasteiger charge is 2.42. The van der Waals surface area contributed by atoms with E-state index in [0.29, 0.717) is 11.2 Å². The van der Waals surface area contributed by atoms with E-state index in [1.54, 1.807) is 30.5 Å². The molecule has 1 aromatic carbocycles. The van der Waals surface area contributed by atoms with Crippen molar-refractivity contribution >= 4 is 17.7 Å². The number of hydrogen-bond acceptors (Lipinski definition) is 6. The Morgan fingerprint density at radius 3 is 2.09 bits per heavy atom. The van der Waals surface area contributed by atoms with Gasteiger partial charge in [0.1, 0.15) is 5.82 Å². The molecule has 2 N–H and O–H groups in total. The second-order valence-electron chi connectivity index (χ2n) is 7.08. The van der Waals surface area contributed by atoms with Gasteiger partial charge in [-0.3, -0.25) is 4.79 Å². The Balaban J connectivity index is 0.000000540. The number of pyridine rings is 1. The molecule has 35 heavy (non-hydrogen) atoms. The summed E-state index contributed by atoms with van der Waals surface area (Å²) in [5.74, 6) is -3.68. The average Bonchev–Trinajstić information content (AvgIpc) is 3.21. The topological polar surface area (TPSA) is 113 Å². The number of alkyl halides is 6. The first-order valence-electron chi connectivity index (χ1n) is 9.49. The SMILES string of the molecule is CN(C)Cc1ccc(NC(=O)c2nnn(-c3ccccc3)c2C(F)(F)F)nc1.O=C(O)C(F)(F)F. The van der Waals surface area contributed by atoms with Gasteiger partial charge in [-0.2, -0.15) is 26.3 Å². The van der Waals surface area contributed by atoms with Crippen molar-refractivity contribution in [2.45, 2.75) is 18.9 Å². The Bertz CT molecular complexity index is 1140. The molecule has 0 aliphatic rings. The van der Waals surface area contributed by atoms with Crippen LogP contribution in [0.25, 0.3) is 5.69 Å². The molecule has 0 saturated carbocycles. The van der Waals surface area contributed by atoms with E-state index in [1.807, 2.05) is 19.0 Å². The van der Waals surface area contributed by atoms with E-state index < -0.39 is 35.6 Å². The van der Waals surface area contributed by atoms with E-state index in [0.717, 1.165) is 5.56 Å². The van der Waals surface area contributed by atoms with Gasteiger partial charge in [0.25, 0.3) is 5.91 Å². The highest BCUT2D eigenvalue weighted by atomic mass is 19.4. The van der Waals surface area contributed by atoms with Crippen LogP contribution in [0.4, 0.5) is 32.2 Å². The molecule has 2 aromatic heterocycles. The fourth-order valence-corrected chi connectivity index (χ4v) is 2.57.